The Morgan fingerprint density at radius 2 is 1.68 bits per heavy atom. The molecule has 1 aliphatic heterocycles. The Bertz CT molecular complexity index is 1110. The number of ketones is 1. The number of urea groups is 1. The van der Waals surface area contributed by atoms with Gasteiger partial charge in [-0.1, -0.05) is 30.3 Å². The maximum Gasteiger partial charge on any atom is 0.321 e. The Balaban J connectivity index is 1.47. The quantitative estimate of drug-likeness (QED) is 0.523. The zero-order valence-corrected chi connectivity index (χ0v) is 19.1. The number of nitrogens with zero attached hydrogens (tertiary/aromatic N) is 3. The standard InChI is InChI=1S/C26H28N4O4/c1-34-22-9-7-21(8-10-22)29-25(33)30-13-11-26(12-14-30,20-5-3-2-4-6-20)15-24-27-16-19(17-28-24)23(32)18-31/h2-10,16-17,31H,11-15,18H2,1H3,(H,29,33). The normalized spacial score (nSPS) is 14.9. The third kappa shape index (κ3) is 5.23. The topological polar surface area (TPSA) is 105 Å². The molecule has 2 heterocycles. The number of rotatable bonds is 7. The predicted octanol–water partition coefficient (Wildman–Crippen LogP) is 3.47. The van der Waals surface area contributed by atoms with Gasteiger partial charge in [0.2, 0.25) is 0 Å². The highest BCUT2D eigenvalue weighted by Gasteiger charge is 2.38. The average Bonchev–Trinajstić information content (AvgIpc) is 2.90. The highest BCUT2D eigenvalue weighted by atomic mass is 16.5. The minimum absolute atomic E-state index is 0.130. The van der Waals surface area contributed by atoms with Crippen LogP contribution >= 0.6 is 0 Å². The van der Waals surface area contributed by atoms with E-state index in [0.29, 0.717) is 30.9 Å². The number of methoxy groups -OCH3 is 1. The number of Topliss-reactive ketones (excluding diaryl/α,β-unsaturated/α-hetero) is 1. The van der Waals surface area contributed by atoms with Crippen molar-refractivity contribution in [1.82, 2.24) is 14.9 Å². The molecule has 0 aliphatic carbocycles. The van der Waals surface area contributed by atoms with Gasteiger partial charge in [-0.15, -0.1) is 0 Å². The Hall–Kier alpha value is -3.78. The molecule has 0 saturated carbocycles. The van der Waals surface area contributed by atoms with Crippen molar-refractivity contribution in [2.24, 2.45) is 0 Å². The van der Waals surface area contributed by atoms with Crippen LogP contribution in [0.4, 0.5) is 10.5 Å². The van der Waals surface area contributed by atoms with E-state index < -0.39 is 12.4 Å². The van der Waals surface area contributed by atoms with Gasteiger partial charge in [0.05, 0.1) is 12.7 Å². The monoisotopic (exact) mass is 460 g/mol. The zero-order chi connectivity index (χ0) is 24.0. The number of benzene rings is 2. The minimum Gasteiger partial charge on any atom is -0.497 e. The summed E-state index contributed by atoms with van der Waals surface area (Å²) in [5.41, 5.74) is 1.98. The van der Waals surface area contributed by atoms with E-state index in [1.165, 1.54) is 18.0 Å². The third-order valence-corrected chi connectivity index (χ3v) is 6.40. The van der Waals surface area contributed by atoms with Crippen molar-refractivity contribution < 1.29 is 19.4 Å². The van der Waals surface area contributed by atoms with E-state index in [0.717, 1.165) is 24.3 Å². The number of aromatic nitrogens is 2. The molecular weight excluding hydrogens is 432 g/mol. The van der Waals surface area contributed by atoms with Gasteiger partial charge in [0.15, 0.2) is 5.78 Å². The maximum absolute atomic E-state index is 12.9. The van der Waals surface area contributed by atoms with Crippen LogP contribution in [-0.2, 0) is 11.8 Å². The Morgan fingerprint density at radius 3 is 2.26 bits per heavy atom. The lowest BCUT2D eigenvalue weighted by Gasteiger charge is -2.42. The van der Waals surface area contributed by atoms with Crippen LogP contribution in [0.25, 0.3) is 0 Å². The average molecular weight is 461 g/mol. The molecule has 2 aromatic carbocycles. The van der Waals surface area contributed by atoms with Crippen LogP contribution < -0.4 is 10.1 Å². The van der Waals surface area contributed by atoms with Gasteiger partial charge in [-0.05, 0) is 42.7 Å². The number of nitrogens with one attached hydrogen (secondary N) is 1. The molecule has 0 atom stereocenters. The van der Waals surface area contributed by atoms with E-state index in [-0.39, 0.29) is 11.4 Å². The largest absolute Gasteiger partial charge is 0.497 e. The van der Waals surface area contributed by atoms with E-state index in [4.69, 9.17) is 9.84 Å². The van der Waals surface area contributed by atoms with E-state index in [2.05, 4.69) is 27.4 Å². The highest BCUT2D eigenvalue weighted by Crippen LogP contribution is 2.38. The molecule has 4 rings (SSSR count). The molecule has 8 heteroatoms. The summed E-state index contributed by atoms with van der Waals surface area (Å²) in [4.78, 5) is 35.2. The van der Waals surface area contributed by atoms with Crippen molar-refractivity contribution in [2.75, 3.05) is 32.1 Å². The van der Waals surface area contributed by atoms with Crippen LogP contribution in [0.1, 0.15) is 34.6 Å². The first-order valence-electron chi connectivity index (χ1n) is 11.2. The number of hydrogen-bond acceptors (Lipinski definition) is 6. The second kappa shape index (κ2) is 10.4. The molecule has 0 spiro atoms. The van der Waals surface area contributed by atoms with Crippen molar-refractivity contribution >= 4 is 17.5 Å². The predicted molar refractivity (Wildman–Crippen MR) is 128 cm³/mol. The van der Waals surface area contributed by atoms with E-state index in [9.17, 15) is 9.59 Å². The molecule has 3 aromatic rings. The molecule has 0 radical (unpaired) electrons. The number of aliphatic hydroxyl groups is 1. The van der Waals surface area contributed by atoms with Crippen LogP contribution in [0, 0.1) is 0 Å². The third-order valence-electron chi connectivity index (χ3n) is 6.40. The van der Waals surface area contributed by atoms with Crippen LogP contribution in [-0.4, -0.2) is 58.6 Å². The Labute approximate surface area is 198 Å². The molecular formula is C26H28N4O4. The summed E-state index contributed by atoms with van der Waals surface area (Å²) >= 11 is 0. The number of likely N-dealkylation sites (tertiary alicyclic amines) is 1. The Morgan fingerprint density at radius 1 is 1.03 bits per heavy atom. The van der Waals surface area contributed by atoms with Gasteiger partial charge >= 0.3 is 6.03 Å². The van der Waals surface area contributed by atoms with Crippen molar-refractivity contribution in [1.29, 1.82) is 0 Å². The van der Waals surface area contributed by atoms with Gasteiger partial charge in [-0.2, -0.15) is 0 Å². The molecule has 1 aliphatic rings. The van der Waals surface area contributed by atoms with E-state index >= 15 is 0 Å². The molecule has 1 aromatic heterocycles. The first-order valence-corrected chi connectivity index (χ1v) is 11.2. The number of ether oxygens (including phenoxy) is 1. The Kier molecular flexibility index (Phi) is 7.18. The molecule has 2 amide bonds. The summed E-state index contributed by atoms with van der Waals surface area (Å²) in [6, 6.07) is 17.4. The second-order valence-corrected chi connectivity index (χ2v) is 8.44. The fraction of sp³-hybridized carbons (Fsp3) is 0.308. The van der Waals surface area contributed by atoms with Crippen molar-refractivity contribution in [3.05, 3.63) is 83.9 Å². The van der Waals surface area contributed by atoms with Gasteiger partial charge in [-0.3, -0.25) is 4.79 Å². The summed E-state index contributed by atoms with van der Waals surface area (Å²) in [6.45, 7) is 0.626. The lowest BCUT2D eigenvalue weighted by Crippen LogP contribution is -2.47. The SMILES string of the molecule is COc1ccc(NC(=O)N2CCC(Cc3ncc(C(=O)CO)cn3)(c3ccccc3)CC2)cc1. The van der Waals surface area contributed by atoms with Gasteiger partial charge < -0.3 is 20.1 Å². The van der Waals surface area contributed by atoms with Crippen LogP contribution in [0.5, 0.6) is 5.75 Å². The van der Waals surface area contributed by atoms with Crippen LogP contribution in [0.3, 0.4) is 0 Å². The number of carbonyl (C=O) groups excluding carboxylic acids is 2. The number of carbonyl (C=O) groups is 2. The fourth-order valence-corrected chi connectivity index (χ4v) is 4.36. The molecule has 176 valence electrons. The fourth-order valence-electron chi connectivity index (χ4n) is 4.36. The molecule has 2 N–H and O–H groups in total. The molecule has 1 saturated heterocycles. The number of piperidine rings is 1. The van der Waals surface area contributed by atoms with Crippen LogP contribution in [0.2, 0.25) is 0 Å². The molecule has 0 bridgehead atoms. The summed E-state index contributed by atoms with van der Waals surface area (Å²) < 4.78 is 5.17. The number of hydrogen-bond donors (Lipinski definition) is 2. The van der Waals surface area contributed by atoms with Gasteiger partial charge in [0.25, 0.3) is 0 Å². The van der Waals surface area contributed by atoms with E-state index in [1.807, 2.05) is 47.4 Å². The van der Waals surface area contributed by atoms with E-state index in [1.54, 1.807) is 7.11 Å². The maximum atomic E-state index is 12.9. The zero-order valence-electron chi connectivity index (χ0n) is 19.1. The lowest BCUT2D eigenvalue weighted by atomic mass is 9.70. The summed E-state index contributed by atoms with van der Waals surface area (Å²) in [5.74, 6) is 0.967. The summed E-state index contributed by atoms with van der Waals surface area (Å²) in [6.07, 6.45) is 5.05. The minimum atomic E-state index is -0.564. The molecule has 8 nitrogen and oxygen atoms in total. The van der Waals surface area contributed by atoms with Gasteiger partial charge in [-0.25, -0.2) is 14.8 Å². The van der Waals surface area contributed by atoms with Crippen molar-refractivity contribution in [3.8, 4) is 5.75 Å². The number of amides is 2. The number of aliphatic hydroxyl groups excluding tert-OH is 1. The second-order valence-electron chi connectivity index (χ2n) is 8.44. The number of anilines is 1. The first kappa shape index (κ1) is 23.4. The van der Waals surface area contributed by atoms with Crippen molar-refractivity contribution in [2.45, 2.75) is 24.7 Å². The highest BCUT2D eigenvalue weighted by molar-refractivity contribution is 5.96. The van der Waals surface area contributed by atoms with Gasteiger partial charge in [0, 0.05) is 43.0 Å². The summed E-state index contributed by atoms with van der Waals surface area (Å²) in [5, 5.41) is 12.0. The smallest absolute Gasteiger partial charge is 0.321 e. The van der Waals surface area contributed by atoms with Gasteiger partial charge in [0.1, 0.15) is 18.2 Å². The molecule has 34 heavy (non-hydrogen) atoms. The van der Waals surface area contributed by atoms with Crippen LogP contribution in [0.15, 0.2) is 67.0 Å². The summed E-state index contributed by atoms with van der Waals surface area (Å²) in [7, 11) is 1.61. The first-order chi connectivity index (χ1) is 16.5. The van der Waals surface area contributed by atoms with Crippen molar-refractivity contribution in [3.63, 3.8) is 0 Å². The molecule has 0 unspecified atom stereocenters. The lowest BCUT2D eigenvalue weighted by molar-refractivity contribution is 0.0903. The molecule has 1 fully saturated rings.